The molecule has 0 radical (unpaired) electrons. The number of rotatable bonds is 0. The Balaban J connectivity index is 1.69. The summed E-state index contributed by atoms with van der Waals surface area (Å²) in [4.78, 5) is 0. The van der Waals surface area contributed by atoms with Gasteiger partial charge < -0.3 is 10.8 Å². The summed E-state index contributed by atoms with van der Waals surface area (Å²) in [5.74, 6) is 2.09. The maximum atomic E-state index is 10.8. The fraction of sp³-hybridized carbons (Fsp3) is 1.00. The summed E-state index contributed by atoms with van der Waals surface area (Å²) in [7, 11) is 0. The van der Waals surface area contributed by atoms with Crippen molar-refractivity contribution in [2.24, 2.45) is 29.4 Å². The molecule has 20 heavy (non-hydrogen) atoms. The normalized spacial score (nSPS) is 58.6. The van der Waals surface area contributed by atoms with E-state index in [9.17, 15) is 5.11 Å². The molecule has 0 amide bonds. The van der Waals surface area contributed by atoms with E-state index in [1.807, 2.05) is 0 Å². The van der Waals surface area contributed by atoms with Crippen molar-refractivity contribution >= 4 is 0 Å². The van der Waals surface area contributed by atoms with E-state index < -0.39 is 6.23 Å². The number of aliphatic hydroxyl groups is 1. The lowest BCUT2D eigenvalue weighted by Gasteiger charge is -2.61. The summed E-state index contributed by atoms with van der Waals surface area (Å²) in [5.41, 5.74) is 6.70. The van der Waals surface area contributed by atoms with Crippen molar-refractivity contribution in [3.05, 3.63) is 0 Å². The number of nitrogens with one attached hydrogen (secondary N) is 2. The lowest BCUT2D eigenvalue weighted by atomic mass is 9.52. The van der Waals surface area contributed by atoms with Gasteiger partial charge in [-0.3, -0.25) is 10.6 Å². The fourth-order valence-electron chi connectivity index (χ4n) is 6.20. The van der Waals surface area contributed by atoms with E-state index in [1.54, 1.807) is 0 Å². The van der Waals surface area contributed by atoms with E-state index in [4.69, 9.17) is 5.73 Å². The molecular formula is C16H29N3O. The quantitative estimate of drug-likeness (QED) is 0.537. The minimum absolute atomic E-state index is 0.0849. The maximum absolute atomic E-state index is 10.8. The average molecular weight is 279 g/mol. The van der Waals surface area contributed by atoms with Crippen molar-refractivity contribution in [2.75, 3.05) is 6.54 Å². The molecule has 0 spiro atoms. The van der Waals surface area contributed by atoms with Gasteiger partial charge in [-0.05, 0) is 63.3 Å². The second-order valence-electron chi connectivity index (χ2n) is 7.94. The van der Waals surface area contributed by atoms with Crippen LogP contribution in [0, 0.1) is 23.7 Å². The molecule has 2 saturated heterocycles. The predicted molar refractivity (Wildman–Crippen MR) is 78.7 cm³/mol. The molecule has 0 aromatic heterocycles. The third-order valence-electron chi connectivity index (χ3n) is 7.10. The molecule has 4 fully saturated rings. The lowest BCUT2D eigenvalue weighted by molar-refractivity contribution is -0.135. The molecular weight excluding hydrogens is 250 g/mol. The number of fused-ring (bicyclic) bond motifs is 5. The summed E-state index contributed by atoms with van der Waals surface area (Å²) in [6, 6.07) is 0. The van der Waals surface area contributed by atoms with E-state index in [2.05, 4.69) is 17.6 Å². The van der Waals surface area contributed by atoms with Crippen LogP contribution in [0.1, 0.15) is 51.9 Å². The largest absolute Gasteiger partial charge is 0.378 e. The predicted octanol–water partition coefficient (Wildman–Crippen LogP) is 1.15. The average Bonchev–Trinajstić information content (AvgIpc) is 2.78. The van der Waals surface area contributed by atoms with Gasteiger partial charge in [-0.25, -0.2) is 0 Å². The number of aliphatic hydroxyl groups excluding tert-OH is 1. The first-order chi connectivity index (χ1) is 9.55. The van der Waals surface area contributed by atoms with Gasteiger partial charge in [-0.1, -0.05) is 12.8 Å². The van der Waals surface area contributed by atoms with Gasteiger partial charge in [0.2, 0.25) is 0 Å². The summed E-state index contributed by atoms with van der Waals surface area (Å²) in [6.07, 6.45) is 8.25. The van der Waals surface area contributed by atoms with Crippen LogP contribution in [0.25, 0.3) is 0 Å². The van der Waals surface area contributed by atoms with E-state index >= 15 is 0 Å². The first kappa shape index (κ1) is 13.5. The Morgan fingerprint density at radius 3 is 2.85 bits per heavy atom. The molecule has 4 nitrogen and oxygen atoms in total. The molecule has 7 unspecified atom stereocenters. The van der Waals surface area contributed by atoms with E-state index in [0.717, 1.165) is 13.0 Å². The Morgan fingerprint density at radius 1 is 1.15 bits per heavy atom. The van der Waals surface area contributed by atoms with Gasteiger partial charge >= 0.3 is 0 Å². The molecule has 0 aromatic carbocycles. The molecule has 2 aliphatic carbocycles. The minimum atomic E-state index is -0.447. The van der Waals surface area contributed by atoms with Gasteiger partial charge in [0.1, 0.15) is 6.23 Å². The minimum Gasteiger partial charge on any atom is -0.378 e. The van der Waals surface area contributed by atoms with Crippen molar-refractivity contribution in [1.29, 1.82) is 0 Å². The summed E-state index contributed by atoms with van der Waals surface area (Å²) in [6.45, 7) is 3.28. The smallest absolute Gasteiger partial charge is 0.111 e. The standard InChI is InChI=1S/C16H29N3O/c1-15-12(7-9-18-15)11-6-5-10-4-2-3-8-16(10,17)13(11)14(20)19-15/h10-14,18-20H,2-9,17H2,1H3. The van der Waals surface area contributed by atoms with Gasteiger partial charge in [-0.2, -0.15) is 0 Å². The van der Waals surface area contributed by atoms with Crippen LogP contribution in [0.5, 0.6) is 0 Å². The number of piperidine rings is 1. The van der Waals surface area contributed by atoms with Gasteiger partial charge in [0.15, 0.2) is 0 Å². The fourth-order valence-corrected chi connectivity index (χ4v) is 6.20. The third kappa shape index (κ3) is 1.68. The van der Waals surface area contributed by atoms with Crippen LogP contribution in [-0.4, -0.2) is 29.1 Å². The van der Waals surface area contributed by atoms with Crippen molar-refractivity contribution in [3.8, 4) is 0 Å². The molecule has 4 aliphatic rings. The zero-order valence-corrected chi connectivity index (χ0v) is 12.6. The summed E-state index contributed by atoms with van der Waals surface area (Å²) in [5, 5.41) is 17.8. The zero-order valence-electron chi connectivity index (χ0n) is 12.6. The second-order valence-corrected chi connectivity index (χ2v) is 7.94. The highest BCUT2D eigenvalue weighted by atomic mass is 16.3. The Hall–Kier alpha value is -0.160. The molecule has 7 atom stereocenters. The van der Waals surface area contributed by atoms with E-state index in [-0.39, 0.29) is 17.1 Å². The van der Waals surface area contributed by atoms with E-state index in [0.29, 0.717) is 17.8 Å². The van der Waals surface area contributed by atoms with Crippen molar-refractivity contribution in [3.63, 3.8) is 0 Å². The molecule has 5 N–H and O–H groups in total. The summed E-state index contributed by atoms with van der Waals surface area (Å²) < 4.78 is 0. The monoisotopic (exact) mass is 279 g/mol. The first-order valence-electron chi connectivity index (χ1n) is 8.54. The van der Waals surface area contributed by atoms with Crippen molar-refractivity contribution in [1.82, 2.24) is 10.6 Å². The van der Waals surface area contributed by atoms with Gasteiger partial charge in [0, 0.05) is 11.5 Å². The highest BCUT2D eigenvalue weighted by Gasteiger charge is 2.60. The highest BCUT2D eigenvalue weighted by molar-refractivity contribution is 5.14. The van der Waals surface area contributed by atoms with Crippen molar-refractivity contribution in [2.45, 2.75) is 69.3 Å². The third-order valence-corrected chi connectivity index (χ3v) is 7.10. The van der Waals surface area contributed by atoms with Crippen LogP contribution >= 0.6 is 0 Å². The van der Waals surface area contributed by atoms with Crippen LogP contribution in [0.4, 0.5) is 0 Å². The summed E-state index contributed by atoms with van der Waals surface area (Å²) >= 11 is 0. The molecule has 2 saturated carbocycles. The molecule has 2 heterocycles. The van der Waals surface area contributed by atoms with Crippen LogP contribution in [0.15, 0.2) is 0 Å². The Kier molecular flexibility index (Phi) is 2.98. The Labute approximate surface area is 121 Å². The van der Waals surface area contributed by atoms with Crippen LogP contribution < -0.4 is 16.4 Å². The van der Waals surface area contributed by atoms with Gasteiger partial charge in [-0.15, -0.1) is 0 Å². The number of nitrogens with two attached hydrogens (primary N) is 1. The van der Waals surface area contributed by atoms with Crippen LogP contribution in [0.2, 0.25) is 0 Å². The topological polar surface area (TPSA) is 70.3 Å². The van der Waals surface area contributed by atoms with Gasteiger partial charge in [0.05, 0.1) is 5.66 Å². The first-order valence-corrected chi connectivity index (χ1v) is 8.54. The highest BCUT2D eigenvalue weighted by Crippen LogP contribution is 2.55. The van der Waals surface area contributed by atoms with Gasteiger partial charge in [0.25, 0.3) is 0 Å². The zero-order chi connectivity index (χ0) is 14.0. The second kappa shape index (κ2) is 4.42. The Morgan fingerprint density at radius 2 is 2.00 bits per heavy atom. The lowest BCUT2D eigenvalue weighted by Crippen LogP contribution is -2.74. The molecule has 4 rings (SSSR count). The SMILES string of the molecule is CC12NCCC1C1CCC3CCCCC3(N)C1C(O)N2. The number of hydrogen-bond donors (Lipinski definition) is 4. The molecule has 0 bridgehead atoms. The van der Waals surface area contributed by atoms with Crippen LogP contribution in [-0.2, 0) is 0 Å². The van der Waals surface area contributed by atoms with Crippen molar-refractivity contribution < 1.29 is 5.11 Å². The van der Waals surface area contributed by atoms with E-state index in [1.165, 1.54) is 38.5 Å². The molecule has 2 aliphatic heterocycles. The molecule has 0 aromatic rings. The molecule has 114 valence electrons. The Bertz CT molecular complexity index is 403. The maximum Gasteiger partial charge on any atom is 0.111 e. The molecule has 4 heteroatoms. The number of hydrogen-bond acceptors (Lipinski definition) is 4. The van der Waals surface area contributed by atoms with Crippen LogP contribution in [0.3, 0.4) is 0 Å².